The van der Waals surface area contributed by atoms with Crippen LogP contribution in [0.1, 0.15) is 11.3 Å². The maximum atomic E-state index is 9.51. The second kappa shape index (κ2) is 5.32. The summed E-state index contributed by atoms with van der Waals surface area (Å²) in [6, 6.07) is 10.6. The van der Waals surface area contributed by atoms with Gasteiger partial charge in [-0.15, -0.1) is 0 Å². The molecule has 0 spiro atoms. The third-order valence-corrected chi connectivity index (χ3v) is 2.36. The molecule has 0 saturated carbocycles. The van der Waals surface area contributed by atoms with Gasteiger partial charge in [0.05, 0.1) is 5.69 Å². The van der Waals surface area contributed by atoms with Crippen LogP contribution in [-0.4, -0.2) is 10.1 Å². The molecule has 2 rings (SSSR count). The van der Waals surface area contributed by atoms with Gasteiger partial charge < -0.3 is 15.6 Å². The Balaban J connectivity index is 2.00. The number of hydrogen-bond donors (Lipinski definition) is 2. The number of hydrogen-bond acceptors (Lipinski definition) is 4. The average Bonchev–Trinajstić information content (AvgIpc) is 2.38. The molecule has 0 aliphatic heterocycles. The van der Waals surface area contributed by atoms with Crippen molar-refractivity contribution >= 4 is 0 Å². The molecular formula is C13H14N2O2. The molecule has 1 aromatic carbocycles. The Morgan fingerprint density at radius 3 is 2.65 bits per heavy atom. The van der Waals surface area contributed by atoms with Crippen LogP contribution in [0.2, 0.25) is 0 Å². The van der Waals surface area contributed by atoms with Crippen LogP contribution in [-0.2, 0) is 13.2 Å². The van der Waals surface area contributed by atoms with E-state index in [1.165, 1.54) is 0 Å². The highest BCUT2D eigenvalue weighted by molar-refractivity contribution is 5.37. The van der Waals surface area contributed by atoms with Crippen LogP contribution in [0.25, 0.3) is 0 Å². The van der Waals surface area contributed by atoms with E-state index in [4.69, 9.17) is 10.5 Å². The number of benzene rings is 1. The molecule has 0 radical (unpaired) electrons. The Bertz CT molecular complexity index is 483. The second-order valence-electron chi connectivity index (χ2n) is 3.62. The summed E-state index contributed by atoms with van der Waals surface area (Å²) in [4.78, 5) is 4.21. The molecule has 0 saturated heterocycles. The molecule has 1 heterocycles. The highest BCUT2D eigenvalue weighted by Crippen LogP contribution is 2.24. The molecule has 0 bridgehead atoms. The van der Waals surface area contributed by atoms with Gasteiger partial charge in [-0.3, -0.25) is 4.98 Å². The highest BCUT2D eigenvalue weighted by Gasteiger charge is 2.01. The molecule has 0 fully saturated rings. The first-order chi connectivity index (χ1) is 8.29. The lowest BCUT2D eigenvalue weighted by Gasteiger charge is -2.07. The lowest BCUT2D eigenvalue weighted by atomic mass is 10.2. The van der Waals surface area contributed by atoms with Gasteiger partial charge in [0.1, 0.15) is 6.61 Å². The molecule has 4 nitrogen and oxygen atoms in total. The molecule has 0 aliphatic rings. The standard InChI is InChI=1S/C13H14N2O2/c14-7-10-5-6-11(15-8-10)9-17-13-4-2-1-3-12(13)16/h1-6,8,16H,7,9,14H2. The third-order valence-electron chi connectivity index (χ3n) is 2.36. The van der Waals surface area contributed by atoms with E-state index >= 15 is 0 Å². The Labute approximate surface area is 99.7 Å². The van der Waals surface area contributed by atoms with Crippen molar-refractivity contribution in [1.29, 1.82) is 0 Å². The van der Waals surface area contributed by atoms with Crippen molar-refractivity contribution in [3.05, 3.63) is 53.9 Å². The van der Waals surface area contributed by atoms with Gasteiger partial charge in [0, 0.05) is 12.7 Å². The number of nitrogens with zero attached hydrogens (tertiary/aromatic N) is 1. The van der Waals surface area contributed by atoms with Gasteiger partial charge in [-0.1, -0.05) is 18.2 Å². The summed E-state index contributed by atoms with van der Waals surface area (Å²) >= 11 is 0. The number of phenols is 1. The predicted octanol–water partition coefficient (Wildman–Crippen LogP) is 1.82. The fraction of sp³-hybridized carbons (Fsp3) is 0.154. The molecular weight excluding hydrogens is 216 g/mol. The second-order valence-corrected chi connectivity index (χ2v) is 3.62. The van der Waals surface area contributed by atoms with E-state index in [0.29, 0.717) is 18.9 Å². The number of aromatic nitrogens is 1. The van der Waals surface area contributed by atoms with Crippen LogP contribution in [0.5, 0.6) is 11.5 Å². The van der Waals surface area contributed by atoms with Gasteiger partial charge in [-0.2, -0.15) is 0 Å². The number of ether oxygens (including phenoxy) is 1. The Kier molecular flexibility index (Phi) is 3.57. The van der Waals surface area contributed by atoms with Gasteiger partial charge >= 0.3 is 0 Å². The number of nitrogens with two attached hydrogens (primary N) is 1. The smallest absolute Gasteiger partial charge is 0.161 e. The molecule has 0 aliphatic carbocycles. The van der Waals surface area contributed by atoms with E-state index < -0.39 is 0 Å². The van der Waals surface area contributed by atoms with Gasteiger partial charge in [-0.05, 0) is 23.8 Å². The topological polar surface area (TPSA) is 68.4 Å². The minimum absolute atomic E-state index is 0.131. The Morgan fingerprint density at radius 2 is 2.00 bits per heavy atom. The van der Waals surface area contributed by atoms with E-state index in [9.17, 15) is 5.11 Å². The lowest BCUT2D eigenvalue weighted by Crippen LogP contribution is -2.01. The van der Waals surface area contributed by atoms with E-state index in [2.05, 4.69) is 4.98 Å². The van der Waals surface area contributed by atoms with Crippen molar-refractivity contribution in [2.75, 3.05) is 0 Å². The van der Waals surface area contributed by atoms with E-state index in [-0.39, 0.29) is 5.75 Å². The van der Waals surface area contributed by atoms with Crippen LogP contribution in [0.3, 0.4) is 0 Å². The van der Waals surface area contributed by atoms with Crippen molar-refractivity contribution in [2.24, 2.45) is 5.73 Å². The number of rotatable bonds is 4. The Morgan fingerprint density at radius 1 is 1.18 bits per heavy atom. The zero-order chi connectivity index (χ0) is 12.1. The number of phenolic OH excluding ortho intramolecular Hbond substituents is 1. The summed E-state index contributed by atoms with van der Waals surface area (Å²) in [7, 11) is 0. The molecule has 2 aromatic rings. The first-order valence-corrected chi connectivity index (χ1v) is 5.34. The van der Waals surface area contributed by atoms with Crippen molar-refractivity contribution in [3.63, 3.8) is 0 Å². The fourth-order valence-electron chi connectivity index (χ4n) is 1.39. The molecule has 0 amide bonds. The minimum Gasteiger partial charge on any atom is -0.504 e. The molecule has 88 valence electrons. The molecule has 0 atom stereocenters. The van der Waals surface area contributed by atoms with Crippen molar-refractivity contribution in [2.45, 2.75) is 13.2 Å². The van der Waals surface area contributed by atoms with E-state index in [1.807, 2.05) is 12.1 Å². The van der Waals surface area contributed by atoms with E-state index in [1.54, 1.807) is 30.5 Å². The van der Waals surface area contributed by atoms with Crippen LogP contribution < -0.4 is 10.5 Å². The van der Waals surface area contributed by atoms with Crippen molar-refractivity contribution in [3.8, 4) is 11.5 Å². The van der Waals surface area contributed by atoms with Crippen LogP contribution in [0.15, 0.2) is 42.6 Å². The monoisotopic (exact) mass is 230 g/mol. The molecule has 0 unspecified atom stereocenters. The van der Waals surface area contributed by atoms with Gasteiger partial charge in [0.2, 0.25) is 0 Å². The molecule has 4 heteroatoms. The summed E-state index contributed by atoms with van der Waals surface area (Å²) in [6.07, 6.45) is 1.73. The van der Waals surface area contributed by atoms with Gasteiger partial charge in [0.25, 0.3) is 0 Å². The number of pyridine rings is 1. The van der Waals surface area contributed by atoms with Gasteiger partial charge in [-0.25, -0.2) is 0 Å². The number of aromatic hydroxyl groups is 1. The SMILES string of the molecule is NCc1ccc(COc2ccccc2O)nc1. The summed E-state index contributed by atoms with van der Waals surface area (Å²) in [6.45, 7) is 0.802. The summed E-state index contributed by atoms with van der Waals surface area (Å²) in [5, 5.41) is 9.51. The van der Waals surface area contributed by atoms with Gasteiger partial charge in [0.15, 0.2) is 11.5 Å². The quantitative estimate of drug-likeness (QED) is 0.840. The molecule has 3 N–H and O–H groups in total. The fourth-order valence-corrected chi connectivity index (χ4v) is 1.39. The average molecular weight is 230 g/mol. The van der Waals surface area contributed by atoms with Crippen molar-refractivity contribution < 1.29 is 9.84 Å². The first kappa shape index (κ1) is 11.4. The van der Waals surface area contributed by atoms with E-state index in [0.717, 1.165) is 11.3 Å². The molecule has 1 aromatic heterocycles. The van der Waals surface area contributed by atoms with Crippen LogP contribution in [0, 0.1) is 0 Å². The normalized spacial score (nSPS) is 10.2. The number of para-hydroxylation sites is 2. The maximum absolute atomic E-state index is 9.51. The minimum atomic E-state index is 0.131. The summed E-state index contributed by atoms with van der Waals surface area (Å²) in [5.74, 6) is 0.586. The Hall–Kier alpha value is -2.07. The maximum Gasteiger partial charge on any atom is 0.161 e. The van der Waals surface area contributed by atoms with Crippen molar-refractivity contribution in [1.82, 2.24) is 4.98 Å². The third kappa shape index (κ3) is 2.95. The zero-order valence-corrected chi connectivity index (χ0v) is 9.34. The lowest BCUT2D eigenvalue weighted by molar-refractivity contribution is 0.285. The van der Waals surface area contributed by atoms with Crippen LogP contribution >= 0.6 is 0 Å². The highest BCUT2D eigenvalue weighted by atomic mass is 16.5. The summed E-state index contributed by atoms with van der Waals surface area (Å²) < 4.78 is 5.45. The predicted molar refractivity (Wildman–Crippen MR) is 64.6 cm³/mol. The largest absolute Gasteiger partial charge is 0.504 e. The first-order valence-electron chi connectivity index (χ1n) is 5.34. The molecule has 17 heavy (non-hydrogen) atoms. The zero-order valence-electron chi connectivity index (χ0n) is 9.34. The van der Waals surface area contributed by atoms with Crippen LogP contribution in [0.4, 0.5) is 0 Å². The summed E-state index contributed by atoms with van der Waals surface area (Å²) in [5.41, 5.74) is 7.26.